The normalized spacial score (nSPS) is 14.0. The first-order valence-electron chi connectivity index (χ1n) is 28.5. The van der Waals surface area contributed by atoms with E-state index in [9.17, 15) is 0 Å². The van der Waals surface area contributed by atoms with Gasteiger partial charge in [0.25, 0.3) is 0 Å². The number of benzene rings is 10. The van der Waals surface area contributed by atoms with Gasteiger partial charge in [0.15, 0.2) is 0 Å². The van der Waals surface area contributed by atoms with Crippen molar-refractivity contribution >= 4 is 44.6 Å². The first-order chi connectivity index (χ1) is 39.9. The van der Waals surface area contributed by atoms with E-state index in [2.05, 4.69) is 107 Å². The predicted octanol–water partition coefficient (Wildman–Crippen LogP) is 17.7. The Morgan fingerprint density at radius 1 is 0.403 bits per heavy atom. The van der Waals surface area contributed by atoms with Crippen LogP contribution in [0.4, 0.5) is 22.7 Å². The Morgan fingerprint density at radius 3 is 1.64 bits per heavy atom. The lowest BCUT2D eigenvalue weighted by Crippen LogP contribution is -2.24. The van der Waals surface area contributed by atoms with Gasteiger partial charge in [0.2, 0.25) is 0 Å². The van der Waals surface area contributed by atoms with Gasteiger partial charge in [-0.2, -0.15) is 0 Å². The molecule has 72 heavy (non-hydrogen) atoms. The fourth-order valence-corrected chi connectivity index (χ4v) is 9.79. The van der Waals surface area contributed by atoms with Crippen LogP contribution in [-0.2, 0) is 0 Å². The molecule has 2 aromatic heterocycles. The fourth-order valence-electron chi connectivity index (χ4n) is 9.79. The lowest BCUT2D eigenvalue weighted by atomic mass is 9.95. The van der Waals surface area contributed by atoms with Crippen molar-refractivity contribution in [2.45, 2.75) is 0 Å². The molecule has 0 atom stereocenters. The monoisotopic (exact) mass is 936 g/mol. The van der Waals surface area contributed by atoms with Crippen LogP contribution in [0.1, 0.15) is 13.7 Å². The average molecular weight is 937 g/mol. The first kappa shape index (κ1) is 33.0. The molecule has 342 valence electrons. The topological polar surface area (TPSA) is 42.8 Å². The van der Waals surface area contributed by atoms with E-state index in [4.69, 9.17) is 28.2 Å². The molecule has 0 N–H and O–H groups in total. The summed E-state index contributed by atoms with van der Waals surface area (Å²) in [6, 6.07) is 60.1. The molecule has 0 aliphatic carbocycles. The zero-order valence-electron chi connectivity index (χ0n) is 48.4. The number of anilines is 4. The molecule has 13 rings (SSSR count). The predicted molar refractivity (Wildman–Crippen MR) is 295 cm³/mol. The zero-order valence-corrected chi connectivity index (χ0v) is 38.4. The molecule has 0 radical (unpaired) electrons. The molecule has 6 heteroatoms. The SMILES string of the molecule is [2H]c1c([2H])c([2H])c(-c2cccc(-c3c([2H])c([2H])c([2H])c([2H])c3[2H])c2Oc2ccnc(-n3c4ccccc4c4ccc(Oc5cccc(N6CN(c7c(-c8ccccc8)cccc7-c7ccccc7)c7ccccc76)c5)cc43)c2)c([2H])c1[2H]. The van der Waals surface area contributed by atoms with Crippen molar-refractivity contribution in [3.63, 3.8) is 0 Å². The highest BCUT2D eigenvalue weighted by molar-refractivity contribution is 6.09. The molecule has 12 aromatic rings. The molecule has 1 aliphatic heterocycles. The van der Waals surface area contributed by atoms with E-state index in [0.29, 0.717) is 24.0 Å². The lowest BCUT2D eigenvalue weighted by Gasteiger charge is -2.27. The molecular weight excluding hydrogens is 881 g/mol. The second-order valence-electron chi connectivity index (χ2n) is 17.2. The van der Waals surface area contributed by atoms with Crippen molar-refractivity contribution in [2.24, 2.45) is 0 Å². The first-order valence-corrected chi connectivity index (χ1v) is 23.5. The minimum absolute atomic E-state index is 0.0410. The van der Waals surface area contributed by atoms with Crippen molar-refractivity contribution in [3.8, 4) is 73.3 Å². The van der Waals surface area contributed by atoms with Crippen LogP contribution >= 0.6 is 0 Å². The van der Waals surface area contributed by atoms with Crippen molar-refractivity contribution in [2.75, 3.05) is 16.5 Å². The van der Waals surface area contributed by atoms with Gasteiger partial charge >= 0.3 is 0 Å². The van der Waals surface area contributed by atoms with E-state index in [1.165, 1.54) is 18.2 Å². The van der Waals surface area contributed by atoms with Gasteiger partial charge in [-0.1, -0.05) is 194 Å². The average Bonchev–Trinajstić information content (AvgIpc) is 3.90. The van der Waals surface area contributed by atoms with Crippen LogP contribution in [0.5, 0.6) is 23.0 Å². The number of ether oxygens (including phenoxy) is 2. The van der Waals surface area contributed by atoms with Gasteiger partial charge in [0, 0.05) is 63.1 Å². The van der Waals surface area contributed by atoms with Crippen LogP contribution in [0, 0.1) is 0 Å². The van der Waals surface area contributed by atoms with Crippen LogP contribution < -0.4 is 19.3 Å². The van der Waals surface area contributed by atoms with Crippen LogP contribution in [0.2, 0.25) is 0 Å². The van der Waals surface area contributed by atoms with Crippen LogP contribution in [-0.4, -0.2) is 16.2 Å². The van der Waals surface area contributed by atoms with Gasteiger partial charge in [-0.25, -0.2) is 4.98 Å². The Hall–Kier alpha value is -9.65. The van der Waals surface area contributed by atoms with E-state index >= 15 is 0 Å². The summed E-state index contributed by atoms with van der Waals surface area (Å²) in [6.07, 6.45) is 1.55. The Kier molecular flexibility index (Phi) is 8.41. The van der Waals surface area contributed by atoms with Crippen LogP contribution in [0.25, 0.3) is 72.1 Å². The number of para-hydroxylation sites is 5. The molecule has 3 heterocycles. The molecule has 10 aromatic carbocycles. The van der Waals surface area contributed by atoms with Crippen LogP contribution in [0.3, 0.4) is 0 Å². The summed E-state index contributed by atoms with van der Waals surface area (Å²) in [5.41, 5.74) is 9.92. The molecule has 0 saturated carbocycles. The number of rotatable bonds is 11. The minimum atomic E-state index is -0.588. The lowest BCUT2D eigenvalue weighted by molar-refractivity contribution is 0.483. The maximum Gasteiger partial charge on any atom is 0.143 e. The second kappa shape index (κ2) is 18.3. The van der Waals surface area contributed by atoms with E-state index < -0.39 is 60.4 Å². The molecule has 0 fully saturated rings. The van der Waals surface area contributed by atoms with E-state index in [-0.39, 0.29) is 33.8 Å². The van der Waals surface area contributed by atoms with E-state index in [1.54, 1.807) is 18.3 Å². The van der Waals surface area contributed by atoms with Crippen LogP contribution in [0.15, 0.2) is 267 Å². The van der Waals surface area contributed by atoms with Gasteiger partial charge in [0.1, 0.15) is 35.5 Å². The van der Waals surface area contributed by atoms with E-state index in [1.807, 2.05) is 77.4 Å². The van der Waals surface area contributed by atoms with Crippen molar-refractivity contribution in [1.82, 2.24) is 9.55 Å². The summed E-state index contributed by atoms with van der Waals surface area (Å²) in [5, 5.41) is 1.86. The van der Waals surface area contributed by atoms with Gasteiger partial charge < -0.3 is 19.3 Å². The number of pyridine rings is 1. The third-order valence-corrected chi connectivity index (χ3v) is 13.0. The molecule has 6 nitrogen and oxygen atoms in total. The van der Waals surface area contributed by atoms with Gasteiger partial charge in [-0.15, -0.1) is 0 Å². The van der Waals surface area contributed by atoms with E-state index in [0.717, 1.165) is 66.8 Å². The second-order valence-corrected chi connectivity index (χ2v) is 17.2. The Morgan fingerprint density at radius 2 is 0.958 bits per heavy atom. The summed E-state index contributed by atoms with van der Waals surface area (Å²) in [6.45, 7) is 0.531. The highest BCUT2D eigenvalue weighted by Gasteiger charge is 2.31. The highest BCUT2D eigenvalue weighted by Crippen LogP contribution is 2.50. The Labute approximate surface area is 432 Å². The van der Waals surface area contributed by atoms with Crippen molar-refractivity contribution in [1.29, 1.82) is 0 Å². The van der Waals surface area contributed by atoms with Gasteiger partial charge in [0.05, 0.1) is 41.8 Å². The summed E-state index contributed by atoms with van der Waals surface area (Å²) < 4.78 is 102. The number of aromatic nitrogens is 2. The Balaban J connectivity index is 0.880. The molecule has 0 bridgehead atoms. The molecule has 1 aliphatic rings. The Bertz CT molecular complexity index is 4340. The number of fused-ring (bicyclic) bond motifs is 4. The third kappa shape index (κ3) is 7.78. The largest absolute Gasteiger partial charge is 0.457 e. The summed E-state index contributed by atoms with van der Waals surface area (Å²) in [5.74, 6) is 1.69. The number of hydrogen-bond donors (Lipinski definition) is 0. The quantitative estimate of drug-likeness (QED) is 0.129. The molecule has 0 saturated heterocycles. The summed E-state index contributed by atoms with van der Waals surface area (Å²) in [7, 11) is 0. The molecule has 0 spiro atoms. The number of hydrogen-bond acceptors (Lipinski definition) is 5. The van der Waals surface area contributed by atoms with Crippen molar-refractivity contribution in [3.05, 3.63) is 267 Å². The minimum Gasteiger partial charge on any atom is -0.457 e. The van der Waals surface area contributed by atoms with Gasteiger partial charge in [-0.05, 0) is 70.8 Å². The highest BCUT2D eigenvalue weighted by atomic mass is 16.5. The molecule has 0 amide bonds. The molecule has 0 unspecified atom stereocenters. The number of nitrogens with zero attached hydrogens (tertiary/aromatic N) is 4. The van der Waals surface area contributed by atoms with Crippen molar-refractivity contribution < 1.29 is 23.2 Å². The standard InChI is InChI=1S/C66H46N4O2/c1-5-20-46(21-6-1)54-31-18-32-55(47-22-7-2-8-23-47)65(54)69-45-68(61-36-15-16-37-62(61)69)50-28-17-29-51(42-50)71-52-38-39-59-58-30-13-14-35-60(58)70(63(59)43-52)64-44-53(40-41-67-64)72-66-56(48-24-9-3-10-25-48)33-19-34-57(66)49-26-11-4-12-27-49/h1-44H,45H2/i3D,4D,9D,10D,11D,12D,24D,25D,26D,27D. The third-order valence-electron chi connectivity index (χ3n) is 13.0. The summed E-state index contributed by atoms with van der Waals surface area (Å²) in [4.78, 5) is 9.54. The van der Waals surface area contributed by atoms with Gasteiger partial charge in [-0.3, -0.25) is 4.57 Å². The summed E-state index contributed by atoms with van der Waals surface area (Å²) >= 11 is 0. The maximum atomic E-state index is 8.94. The smallest absolute Gasteiger partial charge is 0.143 e. The fraction of sp³-hybridized carbons (Fsp3) is 0.0152. The molecular formula is C66H46N4O2. The maximum absolute atomic E-state index is 8.94. The zero-order chi connectivity index (χ0) is 56.5.